The van der Waals surface area contributed by atoms with Gasteiger partial charge in [0.2, 0.25) is 0 Å². The van der Waals surface area contributed by atoms with E-state index in [0.29, 0.717) is 18.4 Å². The van der Waals surface area contributed by atoms with E-state index in [1.54, 1.807) is 12.4 Å². The van der Waals surface area contributed by atoms with E-state index >= 15 is 0 Å². The average molecular weight is 270 g/mol. The minimum Gasteiger partial charge on any atom is -0.346 e. The maximum atomic E-state index is 5.75. The van der Waals surface area contributed by atoms with Crippen LogP contribution in [-0.4, -0.2) is 47.0 Å². The highest BCUT2D eigenvalue weighted by molar-refractivity contribution is 6.29. The number of aromatic nitrogens is 2. The third kappa shape index (κ3) is 2.64. The Bertz CT molecular complexity index is 406. The van der Waals surface area contributed by atoms with Crippen molar-refractivity contribution in [1.82, 2.24) is 14.9 Å². The SMILES string of the molecule is Clc1cnc(CN2CCCC3(C2)OCCO3)cn1. The van der Waals surface area contributed by atoms with Crippen molar-refractivity contribution in [1.29, 1.82) is 0 Å². The van der Waals surface area contributed by atoms with E-state index in [-0.39, 0.29) is 5.79 Å². The Balaban J connectivity index is 1.64. The average Bonchev–Trinajstić information content (AvgIpc) is 2.80. The zero-order chi connectivity index (χ0) is 12.4. The first-order chi connectivity index (χ1) is 8.76. The van der Waals surface area contributed by atoms with Gasteiger partial charge < -0.3 is 9.47 Å². The van der Waals surface area contributed by atoms with Crippen LogP contribution in [0.5, 0.6) is 0 Å². The monoisotopic (exact) mass is 269 g/mol. The fourth-order valence-corrected chi connectivity index (χ4v) is 2.69. The van der Waals surface area contributed by atoms with Gasteiger partial charge in [-0.3, -0.25) is 9.88 Å². The van der Waals surface area contributed by atoms with Gasteiger partial charge in [-0.2, -0.15) is 0 Å². The lowest BCUT2D eigenvalue weighted by Crippen LogP contribution is -2.48. The fourth-order valence-electron chi connectivity index (χ4n) is 2.59. The summed E-state index contributed by atoms with van der Waals surface area (Å²) in [6.07, 6.45) is 5.37. The van der Waals surface area contributed by atoms with Crippen molar-refractivity contribution in [3.05, 3.63) is 23.2 Å². The van der Waals surface area contributed by atoms with Gasteiger partial charge >= 0.3 is 0 Å². The molecule has 0 aromatic carbocycles. The molecule has 0 unspecified atom stereocenters. The molecule has 0 aliphatic carbocycles. The summed E-state index contributed by atoms with van der Waals surface area (Å²) in [4.78, 5) is 10.6. The molecule has 0 radical (unpaired) electrons. The number of hydrogen-bond donors (Lipinski definition) is 0. The highest BCUT2D eigenvalue weighted by Crippen LogP contribution is 2.30. The van der Waals surface area contributed by atoms with Crippen LogP contribution in [0.15, 0.2) is 12.4 Å². The smallest absolute Gasteiger partial charge is 0.181 e. The molecule has 2 saturated heterocycles. The van der Waals surface area contributed by atoms with Gasteiger partial charge in [-0.25, -0.2) is 4.98 Å². The maximum absolute atomic E-state index is 5.75. The van der Waals surface area contributed by atoms with Crippen LogP contribution in [0, 0.1) is 0 Å². The molecule has 0 atom stereocenters. The summed E-state index contributed by atoms with van der Waals surface area (Å²) in [6, 6.07) is 0. The molecule has 5 nitrogen and oxygen atoms in total. The van der Waals surface area contributed by atoms with Gasteiger partial charge in [0.1, 0.15) is 5.15 Å². The van der Waals surface area contributed by atoms with Gasteiger partial charge in [0, 0.05) is 13.0 Å². The van der Waals surface area contributed by atoms with Crippen LogP contribution in [0.25, 0.3) is 0 Å². The van der Waals surface area contributed by atoms with Gasteiger partial charge in [-0.15, -0.1) is 0 Å². The summed E-state index contributed by atoms with van der Waals surface area (Å²) in [5, 5.41) is 0.427. The van der Waals surface area contributed by atoms with E-state index in [1.807, 2.05) is 0 Å². The predicted octanol–water partition coefficient (Wildman–Crippen LogP) is 1.47. The zero-order valence-corrected chi connectivity index (χ0v) is 10.9. The Hall–Kier alpha value is -0.750. The van der Waals surface area contributed by atoms with Crippen molar-refractivity contribution in [2.45, 2.75) is 25.2 Å². The molecular weight excluding hydrogens is 254 g/mol. The molecule has 3 heterocycles. The van der Waals surface area contributed by atoms with E-state index in [2.05, 4.69) is 14.9 Å². The van der Waals surface area contributed by atoms with E-state index in [9.17, 15) is 0 Å². The Kier molecular flexibility index (Phi) is 3.48. The first kappa shape index (κ1) is 12.3. The lowest BCUT2D eigenvalue weighted by molar-refractivity contribution is -0.190. The summed E-state index contributed by atoms with van der Waals surface area (Å²) in [7, 11) is 0. The normalized spacial score (nSPS) is 23.6. The Morgan fingerprint density at radius 1 is 1.28 bits per heavy atom. The second kappa shape index (κ2) is 5.09. The number of piperidine rings is 1. The lowest BCUT2D eigenvalue weighted by atomic mass is 10.0. The highest BCUT2D eigenvalue weighted by atomic mass is 35.5. The number of hydrogen-bond acceptors (Lipinski definition) is 5. The largest absolute Gasteiger partial charge is 0.346 e. The summed E-state index contributed by atoms with van der Waals surface area (Å²) < 4.78 is 11.5. The lowest BCUT2D eigenvalue weighted by Gasteiger charge is -2.38. The van der Waals surface area contributed by atoms with Gasteiger partial charge in [0.25, 0.3) is 0 Å². The highest BCUT2D eigenvalue weighted by Gasteiger charge is 2.40. The van der Waals surface area contributed by atoms with Gasteiger partial charge in [0.15, 0.2) is 5.79 Å². The Labute approximate surface area is 111 Å². The van der Waals surface area contributed by atoms with Crippen LogP contribution < -0.4 is 0 Å². The molecule has 6 heteroatoms. The molecule has 3 rings (SSSR count). The third-order valence-electron chi connectivity index (χ3n) is 3.37. The van der Waals surface area contributed by atoms with E-state index < -0.39 is 0 Å². The summed E-state index contributed by atoms with van der Waals surface area (Å²) >= 11 is 5.73. The van der Waals surface area contributed by atoms with Crippen LogP contribution in [-0.2, 0) is 16.0 Å². The number of halogens is 1. The van der Waals surface area contributed by atoms with Crippen LogP contribution in [0.4, 0.5) is 0 Å². The van der Waals surface area contributed by atoms with Gasteiger partial charge in [-0.1, -0.05) is 11.6 Å². The number of ether oxygens (including phenoxy) is 2. The predicted molar refractivity (Wildman–Crippen MR) is 66.2 cm³/mol. The molecule has 0 saturated carbocycles. The molecular formula is C12H16ClN3O2. The number of nitrogens with zero attached hydrogens (tertiary/aromatic N) is 3. The molecule has 2 aliphatic heterocycles. The van der Waals surface area contributed by atoms with Crippen LogP contribution in [0.2, 0.25) is 5.15 Å². The standard InChI is InChI=1S/C12H16ClN3O2/c13-11-7-14-10(6-15-11)8-16-3-1-2-12(9-16)17-4-5-18-12/h6-7H,1-5,8-9H2. The van der Waals surface area contributed by atoms with E-state index in [0.717, 1.165) is 38.2 Å². The first-order valence-electron chi connectivity index (χ1n) is 6.22. The Morgan fingerprint density at radius 2 is 2.11 bits per heavy atom. The minimum atomic E-state index is -0.377. The Morgan fingerprint density at radius 3 is 2.83 bits per heavy atom. The first-order valence-corrected chi connectivity index (χ1v) is 6.60. The van der Waals surface area contributed by atoms with Crippen molar-refractivity contribution >= 4 is 11.6 Å². The number of likely N-dealkylation sites (tertiary alicyclic amines) is 1. The van der Waals surface area contributed by atoms with Crippen LogP contribution in [0.1, 0.15) is 18.5 Å². The molecule has 18 heavy (non-hydrogen) atoms. The molecule has 1 spiro atoms. The molecule has 1 aromatic heterocycles. The van der Waals surface area contributed by atoms with Crippen molar-refractivity contribution < 1.29 is 9.47 Å². The summed E-state index contributed by atoms with van der Waals surface area (Å²) in [6.45, 7) is 4.01. The number of rotatable bonds is 2. The third-order valence-corrected chi connectivity index (χ3v) is 3.56. The molecule has 0 bridgehead atoms. The fraction of sp³-hybridized carbons (Fsp3) is 0.667. The van der Waals surface area contributed by atoms with Gasteiger partial charge in [-0.05, 0) is 13.0 Å². The maximum Gasteiger partial charge on any atom is 0.181 e. The molecule has 0 amide bonds. The van der Waals surface area contributed by atoms with E-state index in [1.165, 1.54) is 0 Å². The molecule has 2 aliphatic rings. The van der Waals surface area contributed by atoms with Crippen LogP contribution >= 0.6 is 11.6 Å². The van der Waals surface area contributed by atoms with E-state index in [4.69, 9.17) is 21.1 Å². The molecule has 0 N–H and O–H groups in total. The molecule has 2 fully saturated rings. The van der Waals surface area contributed by atoms with Gasteiger partial charge in [0.05, 0.1) is 37.8 Å². The molecule has 1 aromatic rings. The van der Waals surface area contributed by atoms with Crippen molar-refractivity contribution in [3.63, 3.8) is 0 Å². The van der Waals surface area contributed by atoms with Crippen molar-refractivity contribution in [2.75, 3.05) is 26.3 Å². The van der Waals surface area contributed by atoms with Crippen molar-refractivity contribution in [2.24, 2.45) is 0 Å². The summed E-state index contributed by atoms with van der Waals surface area (Å²) in [5.74, 6) is -0.377. The van der Waals surface area contributed by atoms with Crippen LogP contribution in [0.3, 0.4) is 0 Å². The second-order valence-electron chi connectivity index (χ2n) is 4.75. The van der Waals surface area contributed by atoms with Crippen molar-refractivity contribution in [3.8, 4) is 0 Å². The summed E-state index contributed by atoms with van der Waals surface area (Å²) in [5.41, 5.74) is 0.925. The zero-order valence-electron chi connectivity index (χ0n) is 10.1. The molecule has 98 valence electrons. The topological polar surface area (TPSA) is 47.5 Å². The second-order valence-corrected chi connectivity index (χ2v) is 5.14. The quantitative estimate of drug-likeness (QED) is 0.814. The minimum absolute atomic E-state index is 0.377.